The van der Waals surface area contributed by atoms with Crippen LogP contribution in [0.15, 0.2) is 30.6 Å². The summed E-state index contributed by atoms with van der Waals surface area (Å²) in [6.07, 6.45) is 16.9. The van der Waals surface area contributed by atoms with Crippen LogP contribution in [-0.2, 0) is 6.54 Å². The molecule has 166 valence electrons. The fourth-order valence-corrected chi connectivity index (χ4v) is 5.49. The molecule has 7 heteroatoms. The van der Waals surface area contributed by atoms with Gasteiger partial charge in [-0.05, 0) is 63.5 Å². The number of hydrogen-bond donors (Lipinski definition) is 1. The number of allylic oxidation sites excluding steroid dienone is 2. The van der Waals surface area contributed by atoms with Crippen molar-refractivity contribution in [1.82, 2.24) is 24.6 Å². The third-order valence-corrected chi connectivity index (χ3v) is 7.05. The first-order valence-corrected chi connectivity index (χ1v) is 12.0. The highest BCUT2D eigenvalue weighted by Crippen LogP contribution is 2.39. The van der Waals surface area contributed by atoms with Gasteiger partial charge >= 0.3 is 0 Å². The molecule has 2 saturated heterocycles. The van der Waals surface area contributed by atoms with Crippen molar-refractivity contribution in [3.63, 3.8) is 0 Å². The van der Waals surface area contributed by atoms with Crippen molar-refractivity contribution >= 4 is 5.95 Å². The van der Waals surface area contributed by atoms with E-state index in [2.05, 4.69) is 32.0 Å². The van der Waals surface area contributed by atoms with Crippen LogP contribution in [0.4, 0.5) is 5.95 Å². The maximum Gasteiger partial charge on any atom is 0.225 e. The van der Waals surface area contributed by atoms with Gasteiger partial charge in [0, 0.05) is 31.4 Å². The van der Waals surface area contributed by atoms with Crippen LogP contribution in [0.3, 0.4) is 0 Å². The molecule has 0 bridgehead atoms. The molecule has 4 heterocycles. The van der Waals surface area contributed by atoms with Gasteiger partial charge < -0.3 is 10.0 Å². The fourth-order valence-electron chi connectivity index (χ4n) is 5.49. The van der Waals surface area contributed by atoms with Gasteiger partial charge in [-0.3, -0.25) is 9.58 Å². The third-order valence-electron chi connectivity index (χ3n) is 7.05. The molecule has 3 aliphatic rings. The molecular formula is C24H34N6O. The normalized spacial score (nSPS) is 24.4. The van der Waals surface area contributed by atoms with Crippen LogP contribution >= 0.6 is 0 Å². The molecule has 1 aliphatic carbocycles. The summed E-state index contributed by atoms with van der Waals surface area (Å²) in [7, 11) is 0. The van der Waals surface area contributed by atoms with Crippen LogP contribution in [0, 0.1) is 5.92 Å². The number of anilines is 1. The zero-order valence-corrected chi connectivity index (χ0v) is 18.4. The predicted octanol–water partition coefficient (Wildman–Crippen LogP) is 3.43. The number of likely N-dealkylation sites (tertiary alicyclic amines) is 1. The molecule has 0 amide bonds. The lowest BCUT2D eigenvalue weighted by Crippen LogP contribution is -2.31. The molecule has 5 rings (SSSR count). The SMILES string of the molecule is OCCn1ncc(-c2ccnc(N3CCCC3)n2)c1[C@@H]1CCCN1C[C@@H]1CC=CCC1. The highest BCUT2D eigenvalue weighted by Gasteiger charge is 2.33. The van der Waals surface area contributed by atoms with Crippen molar-refractivity contribution in [2.75, 3.05) is 37.7 Å². The van der Waals surface area contributed by atoms with Crippen LogP contribution in [-0.4, -0.2) is 62.5 Å². The lowest BCUT2D eigenvalue weighted by Gasteiger charge is -2.30. The summed E-state index contributed by atoms with van der Waals surface area (Å²) in [4.78, 5) is 14.4. The van der Waals surface area contributed by atoms with Crippen molar-refractivity contribution in [2.24, 2.45) is 5.92 Å². The molecular weight excluding hydrogens is 388 g/mol. The topological polar surface area (TPSA) is 70.3 Å². The van der Waals surface area contributed by atoms with Crippen molar-refractivity contribution in [2.45, 2.75) is 57.5 Å². The van der Waals surface area contributed by atoms with E-state index in [0.29, 0.717) is 12.6 Å². The Morgan fingerprint density at radius 1 is 1.06 bits per heavy atom. The smallest absolute Gasteiger partial charge is 0.225 e. The number of aliphatic hydroxyl groups excluding tert-OH is 1. The summed E-state index contributed by atoms with van der Waals surface area (Å²) < 4.78 is 2.01. The highest BCUT2D eigenvalue weighted by atomic mass is 16.3. The van der Waals surface area contributed by atoms with Crippen molar-refractivity contribution in [1.29, 1.82) is 0 Å². The Balaban J connectivity index is 1.46. The second-order valence-electron chi connectivity index (χ2n) is 9.13. The van der Waals surface area contributed by atoms with Gasteiger partial charge in [0.05, 0.1) is 36.8 Å². The lowest BCUT2D eigenvalue weighted by atomic mass is 9.93. The van der Waals surface area contributed by atoms with Crippen LogP contribution < -0.4 is 4.90 Å². The lowest BCUT2D eigenvalue weighted by molar-refractivity contribution is 0.197. The molecule has 0 radical (unpaired) electrons. The number of rotatable bonds is 7. The van der Waals surface area contributed by atoms with Gasteiger partial charge in [-0.2, -0.15) is 5.10 Å². The zero-order valence-electron chi connectivity index (χ0n) is 18.4. The summed E-state index contributed by atoms with van der Waals surface area (Å²) in [5.74, 6) is 1.57. The standard InChI is InChI=1S/C24H34N6O/c31-16-15-30-23(22-9-6-14-29(22)18-19-7-2-1-3-8-19)20(17-26-30)21-10-11-25-24(27-21)28-12-4-5-13-28/h1-2,10-11,17,19,22,31H,3-9,12-16,18H2/t19-,22+/m1/s1. The molecule has 2 fully saturated rings. The van der Waals surface area contributed by atoms with E-state index in [0.717, 1.165) is 55.7 Å². The van der Waals surface area contributed by atoms with Crippen LogP contribution in [0.25, 0.3) is 11.3 Å². The predicted molar refractivity (Wildman–Crippen MR) is 122 cm³/mol. The van der Waals surface area contributed by atoms with Gasteiger partial charge in [0.2, 0.25) is 5.95 Å². The molecule has 2 aliphatic heterocycles. The minimum atomic E-state index is 0.0943. The largest absolute Gasteiger partial charge is 0.394 e. The average molecular weight is 423 g/mol. The monoisotopic (exact) mass is 422 g/mol. The van der Waals surface area contributed by atoms with E-state index >= 15 is 0 Å². The molecule has 0 aromatic carbocycles. The molecule has 2 aromatic heterocycles. The first-order chi connectivity index (χ1) is 15.3. The van der Waals surface area contributed by atoms with Crippen LogP contribution in [0.1, 0.15) is 56.7 Å². The average Bonchev–Trinajstić information content (AvgIpc) is 3.56. The van der Waals surface area contributed by atoms with E-state index in [9.17, 15) is 5.11 Å². The Morgan fingerprint density at radius 3 is 2.77 bits per heavy atom. The minimum absolute atomic E-state index is 0.0943. The summed E-state index contributed by atoms with van der Waals surface area (Å²) in [6.45, 7) is 4.96. The zero-order chi connectivity index (χ0) is 21.0. The first kappa shape index (κ1) is 20.6. The number of nitrogens with zero attached hydrogens (tertiary/aromatic N) is 6. The van der Waals surface area contributed by atoms with Crippen molar-refractivity contribution in [3.8, 4) is 11.3 Å². The van der Waals surface area contributed by atoms with Crippen molar-refractivity contribution < 1.29 is 5.11 Å². The van der Waals surface area contributed by atoms with E-state index < -0.39 is 0 Å². The maximum absolute atomic E-state index is 9.67. The Morgan fingerprint density at radius 2 is 1.97 bits per heavy atom. The van der Waals surface area contributed by atoms with Gasteiger partial charge in [-0.1, -0.05) is 12.2 Å². The Labute approximate surface area is 184 Å². The van der Waals surface area contributed by atoms with Gasteiger partial charge in [0.1, 0.15) is 0 Å². The van der Waals surface area contributed by atoms with Gasteiger partial charge in [-0.25, -0.2) is 9.97 Å². The Hall–Kier alpha value is -2.25. The number of aliphatic hydroxyl groups is 1. The first-order valence-electron chi connectivity index (χ1n) is 12.0. The molecule has 2 atom stereocenters. The molecule has 2 aromatic rings. The molecule has 0 spiro atoms. The molecule has 0 saturated carbocycles. The second kappa shape index (κ2) is 9.49. The van der Waals surface area contributed by atoms with Gasteiger partial charge in [0.25, 0.3) is 0 Å². The summed E-state index contributed by atoms with van der Waals surface area (Å²) in [6, 6.07) is 2.34. The van der Waals surface area contributed by atoms with Gasteiger partial charge in [0.15, 0.2) is 0 Å². The van der Waals surface area contributed by atoms with E-state index in [-0.39, 0.29) is 6.61 Å². The molecule has 31 heavy (non-hydrogen) atoms. The quantitative estimate of drug-likeness (QED) is 0.690. The van der Waals surface area contributed by atoms with E-state index in [1.165, 1.54) is 44.2 Å². The number of aromatic nitrogens is 4. The molecule has 7 nitrogen and oxygen atoms in total. The minimum Gasteiger partial charge on any atom is -0.394 e. The van der Waals surface area contributed by atoms with Crippen molar-refractivity contribution in [3.05, 3.63) is 36.3 Å². The Kier molecular flexibility index (Phi) is 6.32. The maximum atomic E-state index is 9.67. The highest BCUT2D eigenvalue weighted by molar-refractivity contribution is 5.63. The molecule has 0 unspecified atom stereocenters. The second-order valence-corrected chi connectivity index (χ2v) is 9.13. The van der Waals surface area contributed by atoms with Crippen LogP contribution in [0.5, 0.6) is 0 Å². The van der Waals surface area contributed by atoms with Crippen LogP contribution in [0.2, 0.25) is 0 Å². The summed E-state index contributed by atoms with van der Waals surface area (Å²) in [5, 5.41) is 14.3. The summed E-state index contributed by atoms with van der Waals surface area (Å²) in [5.41, 5.74) is 3.25. The number of hydrogen-bond acceptors (Lipinski definition) is 6. The van der Waals surface area contributed by atoms with Gasteiger partial charge in [-0.15, -0.1) is 0 Å². The third kappa shape index (κ3) is 4.39. The fraction of sp³-hybridized carbons (Fsp3) is 0.625. The molecule has 1 N–H and O–H groups in total. The summed E-state index contributed by atoms with van der Waals surface area (Å²) >= 11 is 0. The van der Waals surface area contributed by atoms with E-state index in [1.54, 1.807) is 0 Å². The van der Waals surface area contributed by atoms with E-state index in [1.807, 2.05) is 23.1 Å². The van der Waals surface area contributed by atoms with E-state index in [4.69, 9.17) is 4.98 Å². The Bertz CT molecular complexity index is 903.